The Kier molecular flexibility index (Phi) is 3.56. The van der Waals surface area contributed by atoms with E-state index >= 15 is 0 Å². The molecular formula is C13H23BN2O2. The molecule has 0 aromatic carbocycles. The Morgan fingerprint density at radius 2 is 1.78 bits per heavy atom. The molecule has 2 rings (SSSR count). The van der Waals surface area contributed by atoms with Crippen LogP contribution in [0.2, 0.25) is 0 Å². The van der Waals surface area contributed by atoms with Gasteiger partial charge in [-0.1, -0.05) is 0 Å². The van der Waals surface area contributed by atoms with Gasteiger partial charge in [-0.05, 0) is 53.2 Å². The van der Waals surface area contributed by atoms with Gasteiger partial charge in [-0.25, -0.2) is 0 Å². The van der Waals surface area contributed by atoms with Gasteiger partial charge in [0.15, 0.2) is 0 Å². The summed E-state index contributed by atoms with van der Waals surface area (Å²) >= 11 is 0. The van der Waals surface area contributed by atoms with E-state index in [1.165, 1.54) is 25.5 Å². The number of allylic oxidation sites excluding steroid dienone is 1. The highest BCUT2D eigenvalue weighted by atomic mass is 16.7. The smallest absolute Gasteiger partial charge is 0.405 e. The minimum atomic E-state index is -0.413. The van der Waals surface area contributed by atoms with Crippen LogP contribution in [0.4, 0.5) is 0 Å². The topological polar surface area (TPSA) is 56.8 Å². The molecule has 1 aliphatic carbocycles. The fourth-order valence-electron chi connectivity index (χ4n) is 1.89. The van der Waals surface area contributed by atoms with Crippen LogP contribution in [0.3, 0.4) is 0 Å². The van der Waals surface area contributed by atoms with Crippen molar-refractivity contribution in [1.29, 1.82) is 0 Å². The summed E-state index contributed by atoms with van der Waals surface area (Å²) < 4.78 is 11.9. The third kappa shape index (κ3) is 2.47. The summed E-state index contributed by atoms with van der Waals surface area (Å²) in [7, 11) is -0.413. The molecule has 5 heteroatoms. The van der Waals surface area contributed by atoms with Gasteiger partial charge in [-0.3, -0.25) is 4.99 Å². The van der Waals surface area contributed by atoms with E-state index in [2.05, 4.69) is 4.99 Å². The Morgan fingerprint density at radius 1 is 1.22 bits per heavy atom. The lowest BCUT2D eigenvalue weighted by atomic mass is 9.79. The maximum atomic E-state index is 5.94. The summed E-state index contributed by atoms with van der Waals surface area (Å²) in [5.41, 5.74) is 5.79. The maximum Gasteiger partial charge on any atom is 0.497 e. The molecule has 1 saturated heterocycles. The molecule has 2 aliphatic rings. The van der Waals surface area contributed by atoms with Gasteiger partial charge in [0.1, 0.15) is 0 Å². The van der Waals surface area contributed by atoms with E-state index in [-0.39, 0.29) is 11.2 Å². The molecular weight excluding hydrogens is 227 g/mol. The fraction of sp³-hybridized carbons (Fsp3) is 0.769. The minimum Gasteiger partial charge on any atom is -0.405 e. The monoisotopic (exact) mass is 250 g/mol. The van der Waals surface area contributed by atoms with Crippen LogP contribution in [0, 0.1) is 0 Å². The number of aliphatic imine (C=N–C) groups is 1. The van der Waals surface area contributed by atoms with Crippen molar-refractivity contribution in [2.75, 3.05) is 0 Å². The summed E-state index contributed by atoms with van der Waals surface area (Å²) in [6, 6.07) is 0.461. The Balaban J connectivity index is 2.04. The lowest BCUT2D eigenvalue weighted by Gasteiger charge is -2.32. The summed E-state index contributed by atoms with van der Waals surface area (Å²) in [5, 5.41) is 0. The molecule has 4 nitrogen and oxygen atoms in total. The SMILES string of the molecule is CC1(C)OB(C(C=NC2CCC2)=CN)OC1(C)C. The number of nitrogens with zero attached hydrogens (tertiary/aromatic N) is 1. The van der Waals surface area contributed by atoms with Gasteiger partial charge in [0, 0.05) is 17.7 Å². The van der Waals surface area contributed by atoms with E-state index in [4.69, 9.17) is 15.0 Å². The van der Waals surface area contributed by atoms with E-state index in [0.29, 0.717) is 6.04 Å². The third-order valence-corrected chi connectivity index (χ3v) is 4.23. The van der Waals surface area contributed by atoms with E-state index in [9.17, 15) is 0 Å². The Labute approximate surface area is 110 Å². The van der Waals surface area contributed by atoms with E-state index in [0.717, 1.165) is 5.47 Å². The van der Waals surface area contributed by atoms with Gasteiger partial charge >= 0.3 is 7.12 Å². The van der Waals surface area contributed by atoms with Gasteiger partial charge in [0.2, 0.25) is 0 Å². The van der Waals surface area contributed by atoms with Crippen molar-refractivity contribution in [3.63, 3.8) is 0 Å². The quantitative estimate of drug-likeness (QED) is 0.616. The van der Waals surface area contributed by atoms with Crippen molar-refractivity contribution in [3.05, 3.63) is 11.7 Å². The largest absolute Gasteiger partial charge is 0.497 e. The number of rotatable bonds is 3. The number of nitrogens with two attached hydrogens (primary N) is 1. The Morgan fingerprint density at radius 3 is 2.17 bits per heavy atom. The molecule has 0 amide bonds. The van der Waals surface area contributed by atoms with Gasteiger partial charge < -0.3 is 15.0 Å². The molecule has 0 aromatic rings. The van der Waals surface area contributed by atoms with Crippen LogP contribution >= 0.6 is 0 Å². The van der Waals surface area contributed by atoms with Crippen molar-refractivity contribution in [3.8, 4) is 0 Å². The molecule has 18 heavy (non-hydrogen) atoms. The van der Waals surface area contributed by atoms with E-state index in [1.54, 1.807) is 0 Å². The first kappa shape index (κ1) is 13.6. The van der Waals surface area contributed by atoms with Crippen LogP contribution < -0.4 is 5.73 Å². The van der Waals surface area contributed by atoms with E-state index < -0.39 is 7.12 Å². The Hall–Kier alpha value is -0.805. The second-order valence-electron chi connectivity index (χ2n) is 6.12. The number of hydrogen-bond acceptors (Lipinski definition) is 4. The van der Waals surface area contributed by atoms with Crippen LogP contribution in [0.25, 0.3) is 0 Å². The first-order valence-electron chi connectivity index (χ1n) is 6.66. The van der Waals surface area contributed by atoms with E-state index in [1.807, 2.05) is 33.9 Å². The zero-order valence-corrected chi connectivity index (χ0v) is 11.8. The normalized spacial score (nSPS) is 27.8. The summed E-state index contributed by atoms with van der Waals surface area (Å²) in [6.07, 6.45) is 6.98. The molecule has 0 bridgehead atoms. The molecule has 0 radical (unpaired) electrons. The van der Waals surface area contributed by atoms with Crippen molar-refractivity contribution >= 4 is 13.3 Å². The predicted octanol–water partition coefficient (Wildman–Crippen LogP) is 2.08. The highest BCUT2D eigenvalue weighted by Crippen LogP contribution is 2.38. The average molecular weight is 250 g/mol. The molecule has 0 atom stereocenters. The van der Waals surface area contributed by atoms with Crippen molar-refractivity contribution < 1.29 is 9.31 Å². The second-order valence-corrected chi connectivity index (χ2v) is 6.12. The van der Waals surface area contributed by atoms with Gasteiger partial charge in [0.25, 0.3) is 0 Å². The highest BCUT2D eigenvalue weighted by molar-refractivity contribution is 6.60. The number of hydrogen-bond donors (Lipinski definition) is 1. The third-order valence-electron chi connectivity index (χ3n) is 4.23. The zero-order chi connectivity index (χ0) is 13.4. The molecule has 1 aliphatic heterocycles. The van der Waals surface area contributed by atoms with Crippen LogP contribution in [0.15, 0.2) is 16.7 Å². The van der Waals surface area contributed by atoms with Crippen LogP contribution in [0.5, 0.6) is 0 Å². The average Bonchev–Trinajstić information content (AvgIpc) is 2.40. The molecule has 1 heterocycles. The highest BCUT2D eigenvalue weighted by Gasteiger charge is 2.52. The molecule has 100 valence electrons. The van der Waals surface area contributed by atoms with Gasteiger partial charge in [0.05, 0.1) is 11.2 Å². The first-order valence-corrected chi connectivity index (χ1v) is 6.66. The summed E-state index contributed by atoms with van der Waals surface area (Å²) in [5.74, 6) is 0. The van der Waals surface area contributed by atoms with Crippen LogP contribution in [-0.2, 0) is 9.31 Å². The predicted molar refractivity (Wildman–Crippen MR) is 74.5 cm³/mol. The van der Waals surface area contributed by atoms with Crippen LogP contribution in [0.1, 0.15) is 47.0 Å². The lowest BCUT2D eigenvalue weighted by Crippen LogP contribution is -2.41. The maximum absolute atomic E-state index is 5.94. The molecule has 0 spiro atoms. The molecule has 1 saturated carbocycles. The lowest BCUT2D eigenvalue weighted by molar-refractivity contribution is 0.00578. The standard InChI is InChI=1S/C13H23BN2O2/c1-12(2)13(3,4)18-14(17-12)10(8-15)9-16-11-6-5-7-11/h8-9,11H,5-7,15H2,1-4H3. The van der Waals surface area contributed by atoms with Crippen molar-refractivity contribution in [2.24, 2.45) is 10.7 Å². The summed E-state index contributed by atoms with van der Waals surface area (Å²) in [4.78, 5) is 4.51. The summed E-state index contributed by atoms with van der Waals surface area (Å²) in [6.45, 7) is 8.13. The molecule has 2 fully saturated rings. The molecule has 0 unspecified atom stereocenters. The van der Waals surface area contributed by atoms with Crippen LogP contribution in [-0.4, -0.2) is 30.6 Å². The zero-order valence-electron chi connectivity index (χ0n) is 11.8. The van der Waals surface area contributed by atoms with Gasteiger partial charge in [-0.2, -0.15) is 0 Å². The fourth-order valence-corrected chi connectivity index (χ4v) is 1.89. The first-order chi connectivity index (χ1) is 8.36. The van der Waals surface area contributed by atoms with Crippen molar-refractivity contribution in [2.45, 2.75) is 64.2 Å². The van der Waals surface area contributed by atoms with Gasteiger partial charge in [-0.15, -0.1) is 0 Å². The van der Waals surface area contributed by atoms with Crippen molar-refractivity contribution in [1.82, 2.24) is 0 Å². The second kappa shape index (κ2) is 4.70. The minimum absolute atomic E-state index is 0.337. The molecule has 2 N–H and O–H groups in total. The molecule has 0 aromatic heterocycles. The Bertz CT molecular complexity index is 357.